The van der Waals surface area contributed by atoms with E-state index < -0.39 is 24.0 Å². The van der Waals surface area contributed by atoms with E-state index in [1.165, 1.54) is 19.1 Å². The average molecular weight is 499 g/mol. The Morgan fingerprint density at radius 3 is 2.03 bits per heavy atom. The fraction of sp³-hybridized carbons (Fsp3) is 0.160. The minimum atomic E-state index is -1.20. The quantitative estimate of drug-likeness (QED) is 0.412. The number of amides is 2. The van der Waals surface area contributed by atoms with Crippen molar-refractivity contribution in [2.45, 2.75) is 18.9 Å². The smallest absolute Gasteiger partial charge is 0.407 e. The van der Waals surface area contributed by atoms with E-state index >= 15 is 0 Å². The second-order valence-electron chi connectivity index (χ2n) is 7.80. The van der Waals surface area contributed by atoms with E-state index in [-0.39, 0.29) is 33.8 Å². The maximum absolute atomic E-state index is 12.5. The van der Waals surface area contributed by atoms with Crippen LogP contribution in [0.1, 0.15) is 34.3 Å². The number of carbonyl (C=O) groups excluding carboxylic acids is 2. The monoisotopic (exact) mass is 498 g/mol. The molecule has 34 heavy (non-hydrogen) atoms. The molecule has 0 fully saturated rings. The molecule has 0 unspecified atom stereocenters. The molecule has 9 heteroatoms. The number of anilines is 1. The van der Waals surface area contributed by atoms with Crippen molar-refractivity contribution in [3.63, 3.8) is 0 Å². The van der Waals surface area contributed by atoms with Gasteiger partial charge in [0.2, 0.25) is 5.91 Å². The van der Waals surface area contributed by atoms with Gasteiger partial charge in [0.25, 0.3) is 0 Å². The molecule has 0 aromatic heterocycles. The van der Waals surface area contributed by atoms with Gasteiger partial charge in [-0.3, -0.25) is 4.79 Å². The van der Waals surface area contributed by atoms with Crippen molar-refractivity contribution >= 4 is 46.9 Å². The highest BCUT2D eigenvalue weighted by molar-refractivity contribution is 6.40. The van der Waals surface area contributed by atoms with Crippen LogP contribution in [0.15, 0.2) is 60.7 Å². The first-order chi connectivity index (χ1) is 16.3. The summed E-state index contributed by atoms with van der Waals surface area (Å²) in [5, 5.41) is 14.0. The van der Waals surface area contributed by atoms with Gasteiger partial charge in [-0.2, -0.15) is 0 Å². The molecule has 1 aliphatic rings. The fourth-order valence-corrected chi connectivity index (χ4v) is 4.51. The minimum absolute atomic E-state index is 0.0356. The number of carboxylic acids is 1. The van der Waals surface area contributed by atoms with Crippen LogP contribution in [0.25, 0.3) is 11.1 Å². The molecule has 7 nitrogen and oxygen atoms in total. The van der Waals surface area contributed by atoms with Gasteiger partial charge in [0.05, 0.1) is 21.3 Å². The molecule has 4 rings (SSSR count). The first-order valence-corrected chi connectivity index (χ1v) is 11.2. The number of nitrogens with one attached hydrogen (secondary N) is 2. The van der Waals surface area contributed by atoms with Gasteiger partial charge in [0.15, 0.2) is 0 Å². The summed E-state index contributed by atoms with van der Waals surface area (Å²) >= 11 is 12.1. The molecule has 3 aromatic rings. The van der Waals surface area contributed by atoms with Crippen molar-refractivity contribution in [1.82, 2.24) is 5.32 Å². The van der Waals surface area contributed by atoms with Crippen LogP contribution in [0, 0.1) is 0 Å². The summed E-state index contributed by atoms with van der Waals surface area (Å²) in [5.41, 5.74) is 4.33. The Morgan fingerprint density at radius 2 is 1.50 bits per heavy atom. The van der Waals surface area contributed by atoms with Gasteiger partial charge < -0.3 is 20.5 Å². The van der Waals surface area contributed by atoms with E-state index in [1.807, 2.05) is 48.5 Å². The van der Waals surface area contributed by atoms with Crippen molar-refractivity contribution < 1.29 is 24.2 Å². The van der Waals surface area contributed by atoms with Crippen LogP contribution in [-0.4, -0.2) is 35.7 Å². The number of halogens is 2. The summed E-state index contributed by atoms with van der Waals surface area (Å²) < 4.78 is 5.45. The number of benzene rings is 3. The summed E-state index contributed by atoms with van der Waals surface area (Å²) in [6, 6.07) is 17.3. The molecule has 3 aromatic carbocycles. The SMILES string of the molecule is C[C@H](NC(=O)OCC1c2ccccc2-c2ccccc21)C(=O)Nc1c(Cl)cc(C(=O)O)cc1Cl. The van der Waals surface area contributed by atoms with Gasteiger partial charge in [0, 0.05) is 5.92 Å². The Balaban J connectivity index is 1.38. The van der Waals surface area contributed by atoms with Crippen molar-refractivity contribution in [3.05, 3.63) is 87.4 Å². The lowest BCUT2D eigenvalue weighted by Gasteiger charge is -2.18. The number of ether oxygens (including phenoxy) is 1. The van der Waals surface area contributed by atoms with Gasteiger partial charge in [0.1, 0.15) is 12.6 Å². The molecule has 0 saturated heterocycles. The van der Waals surface area contributed by atoms with Gasteiger partial charge in [-0.25, -0.2) is 9.59 Å². The number of fused-ring (bicyclic) bond motifs is 3. The van der Waals surface area contributed by atoms with Crippen LogP contribution in [0.4, 0.5) is 10.5 Å². The van der Waals surface area contributed by atoms with Gasteiger partial charge in [-0.1, -0.05) is 71.7 Å². The lowest BCUT2D eigenvalue weighted by atomic mass is 9.98. The van der Waals surface area contributed by atoms with Crippen LogP contribution < -0.4 is 10.6 Å². The third kappa shape index (κ3) is 4.71. The normalized spacial score (nSPS) is 12.9. The zero-order valence-electron chi connectivity index (χ0n) is 18.0. The Hall–Kier alpha value is -3.55. The number of alkyl carbamates (subject to hydrolysis) is 1. The molecular formula is C25H20Cl2N2O5. The first-order valence-electron chi connectivity index (χ1n) is 10.4. The molecular weight excluding hydrogens is 479 g/mol. The van der Waals surface area contributed by atoms with E-state index in [4.69, 9.17) is 33.0 Å². The molecule has 174 valence electrons. The average Bonchev–Trinajstić information content (AvgIpc) is 3.13. The van der Waals surface area contributed by atoms with Crippen molar-refractivity contribution in [2.24, 2.45) is 0 Å². The van der Waals surface area contributed by atoms with Gasteiger partial charge >= 0.3 is 12.1 Å². The van der Waals surface area contributed by atoms with Crippen molar-refractivity contribution in [1.29, 1.82) is 0 Å². The zero-order chi connectivity index (χ0) is 24.4. The highest BCUT2D eigenvalue weighted by Gasteiger charge is 2.29. The highest BCUT2D eigenvalue weighted by atomic mass is 35.5. The summed E-state index contributed by atoms with van der Waals surface area (Å²) in [6.45, 7) is 1.59. The number of carboxylic acid groups (broad SMARTS) is 1. The predicted octanol–water partition coefficient (Wildman–Crippen LogP) is 5.56. The molecule has 0 heterocycles. The maximum Gasteiger partial charge on any atom is 0.407 e. The lowest BCUT2D eigenvalue weighted by molar-refractivity contribution is -0.117. The molecule has 3 N–H and O–H groups in total. The minimum Gasteiger partial charge on any atom is -0.478 e. The van der Waals surface area contributed by atoms with Crippen LogP contribution in [0.3, 0.4) is 0 Å². The number of carbonyl (C=O) groups is 3. The van der Waals surface area contributed by atoms with E-state index in [2.05, 4.69) is 10.6 Å². The second-order valence-corrected chi connectivity index (χ2v) is 8.62. The Kier molecular flexibility index (Phi) is 6.77. The van der Waals surface area contributed by atoms with Crippen molar-refractivity contribution in [2.75, 3.05) is 11.9 Å². The van der Waals surface area contributed by atoms with Crippen LogP contribution in [0.5, 0.6) is 0 Å². The molecule has 0 aliphatic heterocycles. The van der Waals surface area contributed by atoms with Crippen molar-refractivity contribution in [3.8, 4) is 11.1 Å². The summed E-state index contributed by atoms with van der Waals surface area (Å²) in [6.07, 6.45) is -0.747. The Labute approximate surface area is 205 Å². The number of hydrogen-bond donors (Lipinski definition) is 3. The number of rotatable bonds is 6. The van der Waals surface area contributed by atoms with E-state index in [0.717, 1.165) is 22.3 Å². The van der Waals surface area contributed by atoms with Gasteiger partial charge in [-0.05, 0) is 41.3 Å². The van der Waals surface area contributed by atoms with Crippen LogP contribution in [-0.2, 0) is 9.53 Å². The fourth-order valence-electron chi connectivity index (χ4n) is 3.93. The second kappa shape index (κ2) is 9.75. The lowest BCUT2D eigenvalue weighted by Crippen LogP contribution is -2.42. The van der Waals surface area contributed by atoms with E-state index in [9.17, 15) is 14.4 Å². The largest absolute Gasteiger partial charge is 0.478 e. The Morgan fingerprint density at radius 1 is 0.971 bits per heavy atom. The topological polar surface area (TPSA) is 105 Å². The molecule has 0 bridgehead atoms. The van der Waals surface area contributed by atoms with Crippen LogP contribution >= 0.6 is 23.2 Å². The molecule has 0 saturated carbocycles. The number of aromatic carboxylic acids is 1. The summed E-state index contributed by atoms with van der Waals surface area (Å²) in [4.78, 5) is 36.1. The van der Waals surface area contributed by atoms with E-state index in [1.54, 1.807) is 0 Å². The Bertz CT molecular complexity index is 1230. The maximum atomic E-state index is 12.5. The van der Waals surface area contributed by atoms with Gasteiger partial charge in [-0.15, -0.1) is 0 Å². The predicted molar refractivity (Wildman–Crippen MR) is 130 cm³/mol. The number of hydrogen-bond acceptors (Lipinski definition) is 4. The summed E-state index contributed by atoms with van der Waals surface area (Å²) in [5.74, 6) is -1.90. The molecule has 2 amide bonds. The standard InChI is InChI=1S/C25H20Cl2N2O5/c1-13(23(30)29-22-20(26)10-14(24(31)32)11-21(22)27)28-25(33)34-12-19-17-8-4-2-6-15(17)16-7-3-5-9-18(16)19/h2-11,13,19H,12H2,1H3,(H,28,33)(H,29,30)(H,31,32)/t13-/m0/s1. The third-order valence-corrected chi connectivity index (χ3v) is 6.20. The van der Waals surface area contributed by atoms with E-state index in [0.29, 0.717) is 0 Å². The molecule has 1 atom stereocenters. The first kappa shape index (κ1) is 23.6. The van der Waals surface area contributed by atoms with Crippen LogP contribution in [0.2, 0.25) is 10.0 Å². The highest BCUT2D eigenvalue weighted by Crippen LogP contribution is 2.44. The molecule has 0 spiro atoms. The third-order valence-electron chi connectivity index (χ3n) is 5.61. The summed E-state index contributed by atoms with van der Waals surface area (Å²) in [7, 11) is 0. The zero-order valence-corrected chi connectivity index (χ0v) is 19.5. The molecule has 0 radical (unpaired) electrons. The molecule has 1 aliphatic carbocycles.